The van der Waals surface area contributed by atoms with Crippen molar-refractivity contribution in [1.82, 2.24) is 19.8 Å². The molecule has 2 aromatic heterocycles. The smallest absolute Gasteiger partial charge is 0.234 e. The van der Waals surface area contributed by atoms with E-state index in [-0.39, 0.29) is 0 Å². The third-order valence-corrected chi connectivity index (χ3v) is 5.60. The van der Waals surface area contributed by atoms with Crippen molar-refractivity contribution in [3.05, 3.63) is 47.8 Å². The molecule has 9 heteroatoms. The van der Waals surface area contributed by atoms with E-state index in [1.54, 1.807) is 18.7 Å². The van der Waals surface area contributed by atoms with Gasteiger partial charge in [-0.05, 0) is 35.9 Å². The molecule has 1 aliphatic rings. The fraction of sp³-hybridized carbons (Fsp3) is 0.250. The van der Waals surface area contributed by atoms with Crippen LogP contribution in [0.25, 0.3) is 15.5 Å². The molecule has 8 nitrogen and oxygen atoms in total. The number of nitrogens with zero attached hydrogens (tertiary/aromatic N) is 4. The summed E-state index contributed by atoms with van der Waals surface area (Å²) in [7, 11) is 3.24. The van der Waals surface area contributed by atoms with Crippen LogP contribution in [0.4, 0.5) is 0 Å². The van der Waals surface area contributed by atoms with Crippen molar-refractivity contribution in [2.75, 3.05) is 27.4 Å². The fourth-order valence-electron chi connectivity index (χ4n) is 3.23. The zero-order valence-corrected chi connectivity index (χ0v) is 16.7. The minimum Gasteiger partial charge on any atom is -0.493 e. The predicted molar refractivity (Wildman–Crippen MR) is 107 cm³/mol. The summed E-state index contributed by atoms with van der Waals surface area (Å²) in [6.45, 7) is 1.12. The molecule has 0 saturated heterocycles. The summed E-state index contributed by atoms with van der Waals surface area (Å²) in [4.78, 5) is 0.741. The molecule has 0 amide bonds. The fourth-order valence-corrected chi connectivity index (χ4v) is 4.09. The van der Waals surface area contributed by atoms with E-state index in [9.17, 15) is 0 Å². The second kappa shape index (κ2) is 7.25. The van der Waals surface area contributed by atoms with Gasteiger partial charge in [-0.15, -0.1) is 10.2 Å². The summed E-state index contributed by atoms with van der Waals surface area (Å²) in [6.07, 6.45) is 0.575. The Kier molecular flexibility index (Phi) is 4.44. The number of ether oxygens (including phenoxy) is 4. The van der Waals surface area contributed by atoms with Crippen LogP contribution >= 0.6 is 11.3 Å². The molecular formula is C20H18N4O4S. The maximum absolute atomic E-state index is 5.68. The average molecular weight is 410 g/mol. The van der Waals surface area contributed by atoms with Crippen molar-refractivity contribution in [1.29, 1.82) is 0 Å². The van der Waals surface area contributed by atoms with E-state index >= 15 is 0 Å². The van der Waals surface area contributed by atoms with Crippen LogP contribution < -0.4 is 18.9 Å². The van der Waals surface area contributed by atoms with E-state index in [4.69, 9.17) is 24.0 Å². The Hall–Kier alpha value is -3.33. The van der Waals surface area contributed by atoms with Gasteiger partial charge in [-0.2, -0.15) is 9.61 Å². The molecule has 1 aliphatic heterocycles. The molecule has 4 aromatic rings. The summed E-state index contributed by atoms with van der Waals surface area (Å²) in [5, 5.41) is 14.1. The Morgan fingerprint density at radius 1 is 0.966 bits per heavy atom. The molecule has 0 atom stereocenters. The van der Waals surface area contributed by atoms with Crippen LogP contribution in [-0.4, -0.2) is 47.2 Å². The molecule has 0 N–H and O–H groups in total. The van der Waals surface area contributed by atoms with Crippen LogP contribution in [0.3, 0.4) is 0 Å². The molecule has 0 saturated carbocycles. The number of benzene rings is 2. The summed E-state index contributed by atoms with van der Waals surface area (Å²) in [5.74, 6) is 3.63. The Labute approximate surface area is 170 Å². The van der Waals surface area contributed by atoms with Crippen LogP contribution in [-0.2, 0) is 6.42 Å². The zero-order chi connectivity index (χ0) is 19.8. The first-order valence-corrected chi connectivity index (χ1v) is 9.89. The SMILES string of the molecule is COc1ccc(Cc2nnc3sc(-c4ccc5c(c4)OCCO5)nn23)cc1OC. The van der Waals surface area contributed by atoms with Gasteiger partial charge in [0.05, 0.1) is 14.2 Å². The zero-order valence-electron chi connectivity index (χ0n) is 15.9. The van der Waals surface area contributed by atoms with Gasteiger partial charge in [0.25, 0.3) is 0 Å². The van der Waals surface area contributed by atoms with E-state index in [1.165, 1.54) is 11.3 Å². The number of methoxy groups -OCH3 is 2. The van der Waals surface area contributed by atoms with Gasteiger partial charge in [-0.1, -0.05) is 17.4 Å². The first-order chi connectivity index (χ1) is 14.2. The normalized spacial score (nSPS) is 12.9. The molecule has 2 aromatic carbocycles. The van der Waals surface area contributed by atoms with E-state index in [2.05, 4.69) is 10.2 Å². The third kappa shape index (κ3) is 3.23. The van der Waals surface area contributed by atoms with Crippen LogP contribution in [0.2, 0.25) is 0 Å². The molecule has 148 valence electrons. The lowest BCUT2D eigenvalue weighted by Gasteiger charge is -2.18. The summed E-state index contributed by atoms with van der Waals surface area (Å²) in [5.41, 5.74) is 1.99. The lowest BCUT2D eigenvalue weighted by Crippen LogP contribution is -2.15. The van der Waals surface area contributed by atoms with Gasteiger partial charge in [-0.25, -0.2) is 0 Å². The molecule has 3 heterocycles. The second-order valence-corrected chi connectivity index (χ2v) is 7.40. The minimum absolute atomic E-state index is 0.553. The molecular weight excluding hydrogens is 392 g/mol. The van der Waals surface area contributed by atoms with Crippen LogP contribution in [0.1, 0.15) is 11.4 Å². The van der Waals surface area contributed by atoms with Crippen LogP contribution in [0.15, 0.2) is 36.4 Å². The highest BCUT2D eigenvalue weighted by molar-refractivity contribution is 7.19. The molecule has 0 radical (unpaired) electrons. The van der Waals surface area contributed by atoms with Crippen LogP contribution in [0.5, 0.6) is 23.0 Å². The first kappa shape index (κ1) is 17.7. The largest absolute Gasteiger partial charge is 0.493 e. The Balaban J connectivity index is 1.46. The quantitative estimate of drug-likeness (QED) is 0.500. The number of hydrogen-bond donors (Lipinski definition) is 0. The van der Waals surface area contributed by atoms with E-state index in [1.807, 2.05) is 36.4 Å². The number of hydrogen-bond acceptors (Lipinski definition) is 8. The second-order valence-electron chi connectivity index (χ2n) is 6.44. The van der Waals surface area contributed by atoms with Gasteiger partial charge in [0, 0.05) is 12.0 Å². The molecule has 0 bridgehead atoms. The van der Waals surface area contributed by atoms with Gasteiger partial charge in [0.2, 0.25) is 4.96 Å². The van der Waals surface area contributed by atoms with Crippen molar-refractivity contribution in [2.24, 2.45) is 0 Å². The predicted octanol–water partition coefficient (Wildman–Crippen LogP) is 3.23. The Morgan fingerprint density at radius 3 is 2.62 bits per heavy atom. The van der Waals surface area contributed by atoms with E-state index in [0.29, 0.717) is 31.1 Å². The first-order valence-electron chi connectivity index (χ1n) is 9.07. The molecule has 29 heavy (non-hydrogen) atoms. The third-order valence-electron chi connectivity index (χ3n) is 4.65. The van der Waals surface area contributed by atoms with Crippen LogP contribution in [0, 0.1) is 0 Å². The number of aromatic nitrogens is 4. The van der Waals surface area contributed by atoms with Gasteiger partial charge in [-0.3, -0.25) is 0 Å². The summed E-state index contributed by atoms with van der Waals surface area (Å²) in [6, 6.07) is 11.6. The van der Waals surface area contributed by atoms with Crippen molar-refractivity contribution in [2.45, 2.75) is 6.42 Å². The molecule has 0 aliphatic carbocycles. The lowest BCUT2D eigenvalue weighted by molar-refractivity contribution is 0.171. The minimum atomic E-state index is 0.553. The maximum atomic E-state index is 5.68. The standard InChI is InChI=1S/C20H18N4O4S/c1-25-14-5-3-12(9-16(14)26-2)10-18-21-22-20-24(18)23-19(29-20)13-4-6-15-17(11-13)28-8-7-27-15/h3-6,9,11H,7-8,10H2,1-2H3. The van der Waals surface area contributed by atoms with Gasteiger partial charge in [0.1, 0.15) is 18.2 Å². The monoisotopic (exact) mass is 410 g/mol. The molecule has 0 fully saturated rings. The highest BCUT2D eigenvalue weighted by Crippen LogP contribution is 2.36. The summed E-state index contributed by atoms with van der Waals surface area (Å²) >= 11 is 1.48. The molecule has 0 unspecified atom stereocenters. The maximum Gasteiger partial charge on any atom is 0.234 e. The Bertz CT molecular complexity index is 1190. The summed E-state index contributed by atoms with van der Waals surface area (Å²) < 4.78 is 23.7. The van der Waals surface area contributed by atoms with Crippen molar-refractivity contribution < 1.29 is 18.9 Å². The Morgan fingerprint density at radius 2 is 1.79 bits per heavy atom. The average Bonchev–Trinajstić information content (AvgIpc) is 3.35. The van der Waals surface area contributed by atoms with Crippen molar-refractivity contribution in [3.8, 4) is 33.6 Å². The lowest BCUT2D eigenvalue weighted by atomic mass is 10.1. The van der Waals surface area contributed by atoms with E-state index < -0.39 is 0 Å². The molecule has 0 spiro atoms. The highest BCUT2D eigenvalue weighted by atomic mass is 32.1. The number of fused-ring (bicyclic) bond motifs is 2. The van der Waals surface area contributed by atoms with Crippen molar-refractivity contribution in [3.63, 3.8) is 0 Å². The van der Waals surface area contributed by atoms with E-state index in [0.717, 1.165) is 38.4 Å². The highest BCUT2D eigenvalue weighted by Gasteiger charge is 2.17. The van der Waals surface area contributed by atoms with Gasteiger partial charge >= 0.3 is 0 Å². The number of rotatable bonds is 5. The van der Waals surface area contributed by atoms with Gasteiger partial charge in [0.15, 0.2) is 28.8 Å². The molecule has 5 rings (SSSR count). The topological polar surface area (TPSA) is 80.0 Å². The van der Waals surface area contributed by atoms with Gasteiger partial charge < -0.3 is 18.9 Å². The van der Waals surface area contributed by atoms with Crippen molar-refractivity contribution >= 4 is 16.3 Å².